The Balaban J connectivity index is 0.000000163. The zero-order valence-corrected chi connectivity index (χ0v) is 37.2. The molecule has 0 amide bonds. The fourth-order valence-corrected chi connectivity index (χ4v) is 9.60. The van der Waals surface area contributed by atoms with E-state index in [9.17, 15) is 36.6 Å². The number of aliphatic hydroxyl groups is 2. The number of aromatic nitrogens is 4. The van der Waals surface area contributed by atoms with Gasteiger partial charge < -0.3 is 26.0 Å². The van der Waals surface area contributed by atoms with Gasteiger partial charge in [-0.05, 0) is 48.9 Å². The van der Waals surface area contributed by atoms with Crippen molar-refractivity contribution in [3.8, 4) is 0 Å². The molecular weight excluding hydrogens is 902 g/mol. The number of β-amino-alcohol motifs (C(OH)–C–C–N with tert-alkyl or cyclic N) is 2. The molecule has 0 unspecified atom stereocenters. The first-order valence-corrected chi connectivity index (χ1v) is 22.8. The quantitative estimate of drug-likeness (QED) is 0.0860. The third kappa shape index (κ3) is 15.8. The normalized spacial score (nSPS) is 20.7. The maximum atomic E-state index is 12.7. The summed E-state index contributed by atoms with van der Waals surface area (Å²) < 4.78 is 79.4. The third-order valence-corrected chi connectivity index (χ3v) is 12.9. The molecule has 0 spiro atoms. The van der Waals surface area contributed by atoms with Crippen LogP contribution in [0.25, 0.3) is 20.4 Å². The van der Waals surface area contributed by atoms with Crippen LogP contribution in [0.15, 0.2) is 85.5 Å². The first-order valence-electron chi connectivity index (χ1n) is 20.8. The summed E-state index contributed by atoms with van der Waals surface area (Å²) in [6.45, 7) is 6.67. The number of thiophene rings is 2. The number of halogens is 7. The van der Waals surface area contributed by atoms with Crippen LogP contribution in [0.1, 0.15) is 46.6 Å². The van der Waals surface area contributed by atoms with Gasteiger partial charge in [-0.15, -0.1) is 22.7 Å². The number of fused-ring (bicyclic) bond motifs is 2. The van der Waals surface area contributed by atoms with Crippen LogP contribution in [-0.4, -0.2) is 116 Å². The first-order chi connectivity index (χ1) is 30.6. The SMILES string of the molecule is C1CCOC1.FC(F)(F)Cc1cc2c(Cl)ncnc2s1.N[C@@H]1CCN(Cc2ccccc2)C[C@H]1O.O[C@@H]1CN(Cc2ccccc2)CC[C@H]1Nc1ncnc2sc(CC(F)(F)F)cc12. The number of benzene rings is 2. The average molecular weight is 954 g/mol. The van der Waals surface area contributed by atoms with Crippen molar-refractivity contribution in [2.24, 2.45) is 5.73 Å². The van der Waals surface area contributed by atoms with E-state index in [-0.39, 0.29) is 33.1 Å². The maximum Gasteiger partial charge on any atom is 0.393 e. The number of likely N-dealkylation sites (tertiary alicyclic amines) is 2. The number of piperidine rings is 2. The van der Waals surface area contributed by atoms with E-state index in [4.69, 9.17) is 22.1 Å². The molecule has 3 saturated heterocycles. The topological polar surface area (TPSA) is 146 Å². The number of hydrogen-bond donors (Lipinski definition) is 4. The van der Waals surface area contributed by atoms with Crippen molar-refractivity contribution in [1.82, 2.24) is 29.7 Å². The molecule has 2 aromatic carbocycles. The number of ether oxygens (including phenoxy) is 1. The van der Waals surface area contributed by atoms with Gasteiger partial charge in [-0.1, -0.05) is 72.3 Å². The molecule has 3 aliphatic rings. The fourth-order valence-electron chi connectivity index (χ4n) is 7.30. The zero-order valence-electron chi connectivity index (χ0n) is 34.8. The summed E-state index contributed by atoms with van der Waals surface area (Å²) in [4.78, 5) is 21.7. The molecule has 6 aromatic rings. The average Bonchev–Trinajstić information content (AvgIpc) is 4.04. The predicted octanol–water partition coefficient (Wildman–Crippen LogP) is 8.67. The van der Waals surface area contributed by atoms with Crippen LogP contribution in [0, 0.1) is 0 Å². The Morgan fingerprint density at radius 1 is 0.703 bits per heavy atom. The highest BCUT2D eigenvalue weighted by Gasteiger charge is 2.32. The van der Waals surface area contributed by atoms with Gasteiger partial charge in [0.25, 0.3) is 0 Å². The van der Waals surface area contributed by atoms with Crippen molar-refractivity contribution in [2.45, 2.75) is 88.3 Å². The molecule has 9 rings (SSSR count). The lowest BCUT2D eigenvalue weighted by atomic mass is 10.0. The summed E-state index contributed by atoms with van der Waals surface area (Å²) in [5, 5.41) is 24.7. The van der Waals surface area contributed by atoms with Gasteiger partial charge in [-0.3, -0.25) is 9.80 Å². The molecule has 4 aromatic heterocycles. The third-order valence-electron chi connectivity index (χ3n) is 10.5. The summed E-state index contributed by atoms with van der Waals surface area (Å²) in [7, 11) is 0. The monoisotopic (exact) mass is 952 g/mol. The maximum absolute atomic E-state index is 12.7. The number of anilines is 1. The van der Waals surface area contributed by atoms with E-state index in [1.807, 2.05) is 36.4 Å². The van der Waals surface area contributed by atoms with Crippen LogP contribution >= 0.6 is 34.3 Å². The molecule has 0 radical (unpaired) electrons. The highest BCUT2D eigenvalue weighted by molar-refractivity contribution is 7.19. The molecule has 346 valence electrons. The highest BCUT2D eigenvalue weighted by Crippen LogP contribution is 2.34. The predicted molar refractivity (Wildman–Crippen MR) is 239 cm³/mol. The molecule has 0 aliphatic carbocycles. The minimum Gasteiger partial charge on any atom is -0.390 e. The molecular formula is C44H51ClF6N8O3S2. The van der Waals surface area contributed by atoms with Crippen molar-refractivity contribution < 1.29 is 41.3 Å². The van der Waals surface area contributed by atoms with Crippen LogP contribution in [0.2, 0.25) is 5.15 Å². The van der Waals surface area contributed by atoms with Gasteiger partial charge in [0.05, 0.1) is 36.5 Å². The Hall–Kier alpha value is -4.05. The molecule has 3 fully saturated rings. The van der Waals surface area contributed by atoms with E-state index in [1.165, 1.54) is 48.8 Å². The second-order valence-electron chi connectivity index (χ2n) is 15.7. The molecule has 7 heterocycles. The van der Waals surface area contributed by atoms with E-state index in [0.717, 1.165) is 68.5 Å². The number of nitrogens with two attached hydrogens (primary N) is 1. The molecule has 5 N–H and O–H groups in total. The van der Waals surface area contributed by atoms with Crippen LogP contribution in [-0.2, 0) is 30.7 Å². The van der Waals surface area contributed by atoms with Gasteiger partial charge in [0.1, 0.15) is 33.3 Å². The Labute approximate surface area is 380 Å². The molecule has 0 bridgehead atoms. The second kappa shape index (κ2) is 23.4. The van der Waals surface area contributed by atoms with Gasteiger partial charge in [0, 0.05) is 73.7 Å². The number of hydrogen-bond acceptors (Lipinski definition) is 13. The fraction of sp³-hybridized carbons (Fsp3) is 0.455. The van der Waals surface area contributed by atoms with Gasteiger partial charge in [-0.25, -0.2) is 19.9 Å². The van der Waals surface area contributed by atoms with Gasteiger partial charge in [-0.2, -0.15) is 26.3 Å². The minimum absolute atomic E-state index is 0.0444. The van der Waals surface area contributed by atoms with Crippen molar-refractivity contribution in [2.75, 3.05) is 44.7 Å². The Morgan fingerprint density at radius 3 is 1.69 bits per heavy atom. The first kappa shape index (κ1) is 49.4. The largest absolute Gasteiger partial charge is 0.393 e. The van der Waals surface area contributed by atoms with Gasteiger partial charge in [0.15, 0.2) is 0 Å². The second-order valence-corrected chi connectivity index (χ2v) is 18.3. The van der Waals surface area contributed by atoms with E-state index in [0.29, 0.717) is 45.8 Å². The van der Waals surface area contributed by atoms with E-state index in [2.05, 4.69) is 59.3 Å². The lowest BCUT2D eigenvalue weighted by molar-refractivity contribution is -0.127. The zero-order chi connectivity index (χ0) is 45.7. The van der Waals surface area contributed by atoms with Crippen LogP contribution in [0.3, 0.4) is 0 Å². The summed E-state index contributed by atoms with van der Waals surface area (Å²) >= 11 is 7.72. The van der Waals surface area contributed by atoms with Crippen molar-refractivity contribution in [3.63, 3.8) is 0 Å². The standard InChI is InChI=1S/C20H21F3N4OS.C12H18N2O.C8H4ClF3N2S.C4H8O/c21-20(22,23)9-14-8-15-18(24-12-25-19(15)29-14)26-16-6-7-27(11-17(16)28)10-13-4-2-1-3-5-13;13-11-6-7-14(9-12(11)15)8-10-4-2-1-3-5-10;9-6-5-1-4(2-8(10,11)12)15-7(5)14-3-13-6;1-2-4-5-3-1/h1-5,8,12,16-17,28H,6-7,9-11H2,(H,24,25,26);1-5,11-12,15H,6-9,13H2;1,3H,2H2;1-4H2/t16-,17-;11-,12-;;/m11../s1. The van der Waals surface area contributed by atoms with Crippen molar-refractivity contribution >= 4 is 60.5 Å². The van der Waals surface area contributed by atoms with Crippen molar-refractivity contribution in [3.05, 3.63) is 111 Å². The molecule has 11 nitrogen and oxygen atoms in total. The van der Waals surface area contributed by atoms with Gasteiger partial charge in [0.2, 0.25) is 0 Å². The Bertz CT molecular complexity index is 2310. The molecule has 0 saturated carbocycles. The number of rotatable bonds is 8. The van der Waals surface area contributed by atoms with Gasteiger partial charge >= 0.3 is 12.4 Å². The van der Waals surface area contributed by atoms with E-state index >= 15 is 0 Å². The lowest BCUT2D eigenvalue weighted by Crippen LogP contribution is -2.50. The van der Waals surface area contributed by atoms with Crippen LogP contribution < -0.4 is 11.1 Å². The Morgan fingerprint density at radius 2 is 1.20 bits per heavy atom. The highest BCUT2D eigenvalue weighted by atomic mass is 35.5. The van der Waals surface area contributed by atoms with E-state index < -0.39 is 31.3 Å². The minimum atomic E-state index is -4.26. The van der Waals surface area contributed by atoms with E-state index in [1.54, 1.807) is 0 Å². The van der Waals surface area contributed by atoms with Crippen LogP contribution in [0.5, 0.6) is 0 Å². The summed E-state index contributed by atoms with van der Waals surface area (Å²) in [5.41, 5.74) is 8.24. The van der Waals surface area contributed by atoms with Crippen molar-refractivity contribution in [1.29, 1.82) is 0 Å². The molecule has 3 aliphatic heterocycles. The Kier molecular flexibility index (Phi) is 18.1. The lowest BCUT2D eigenvalue weighted by Gasteiger charge is -2.36. The summed E-state index contributed by atoms with van der Waals surface area (Å²) in [6, 6.07) is 23.0. The number of alkyl halides is 6. The number of aliphatic hydroxyl groups excluding tert-OH is 2. The summed E-state index contributed by atoms with van der Waals surface area (Å²) in [5.74, 6) is 0.472. The molecule has 20 heteroatoms. The number of nitrogens with one attached hydrogen (secondary N) is 1. The van der Waals surface area contributed by atoms with Crippen LogP contribution in [0.4, 0.5) is 32.2 Å². The smallest absolute Gasteiger partial charge is 0.390 e. The molecule has 64 heavy (non-hydrogen) atoms. The molecule has 4 atom stereocenters. The number of nitrogens with zero attached hydrogens (tertiary/aromatic N) is 6. The summed E-state index contributed by atoms with van der Waals surface area (Å²) in [6.07, 6.45) is -4.66.